The first-order valence-electron chi connectivity index (χ1n) is 11.9. The summed E-state index contributed by atoms with van der Waals surface area (Å²) < 4.78 is 2.05. The Morgan fingerprint density at radius 1 is 0.886 bits per heavy atom. The standard InChI is InChI=1S/C29H29N5S/c1-4-33(5-2)25-15-16-26(21(3)17-25)31-29-32-28(19-35-29)23-11-13-24(14-12-23)34-18-27(30-20-34)22-9-7-6-8-10-22/h6-20H,4-5H2,1-3H3,(H,31,32). The van der Waals surface area contributed by atoms with Crippen molar-refractivity contribution in [3.05, 3.63) is 96.3 Å². The molecule has 0 radical (unpaired) electrons. The van der Waals surface area contributed by atoms with Crippen LogP contribution in [0.25, 0.3) is 28.2 Å². The molecule has 0 spiro atoms. The van der Waals surface area contributed by atoms with Gasteiger partial charge in [0.05, 0.1) is 17.7 Å². The van der Waals surface area contributed by atoms with Gasteiger partial charge in [-0.25, -0.2) is 9.97 Å². The number of nitrogens with one attached hydrogen (secondary N) is 1. The molecule has 35 heavy (non-hydrogen) atoms. The van der Waals surface area contributed by atoms with Crippen molar-refractivity contribution in [2.24, 2.45) is 0 Å². The molecular formula is C29H29N5S. The first kappa shape index (κ1) is 22.9. The van der Waals surface area contributed by atoms with Crippen LogP contribution < -0.4 is 10.2 Å². The zero-order valence-corrected chi connectivity index (χ0v) is 21.1. The predicted molar refractivity (Wildman–Crippen MR) is 148 cm³/mol. The number of benzene rings is 3. The molecule has 0 saturated carbocycles. The van der Waals surface area contributed by atoms with Gasteiger partial charge in [0.25, 0.3) is 0 Å². The maximum absolute atomic E-state index is 4.83. The van der Waals surface area contributed by atoms with Crippen LogP contribution in [0, 0.1) is 6.92 Å². The van der Waals surface area contributed by atoms with E-state index in [1.165, 1.54) is 11.3 Å². The van der Waals surface area contributed by atoms with Crippen LogP contribution in [0.2, 0.25) is 0 Å². The summed E-state index contributed by atoms with van der Waals surface area (Å²) >= 11 is 1.62. The topological polar surface area (TPSA) is 46.0 Å². The minimum absolute atomic E-state index is 0.893. The van der Waals surface area contributed by atoms with Crippen LogP contribution >= 0.6 is 11.3 Å². The van der Waals surface area contributed by atoms with E-state index in [1.54, 1.807) is 11.3 Å². The smallest absolute Gasteiger partial charge is 0.187 e. The Balaban J connectivity index is 1.29. The minimum atomic E-state index is 0.893. The number of aryl methyl sites for hydroxylation is 1. The number of hydrogen-bond acceptors (Lipinski definition) is 5. The van der Waals surface area contributed by atoms with Crippen molar-refractivity contribution >= 4 is 27.8 Å². The fourth-order valence-corrected chi connectivity index (χ4v) is 4.91. The van der Waals surface area contributed by atoms with E-state index < -0.39 is 0 Å². The van der Waals surface area contributed by atoms with Gasteiger partial charge in [-0.3, -0.25) is 0 Å². The summed E-state index contributed by atoms with van der Waals surface area (Å²) in [5.74, 6) is 0. The molecule has 0 aliphatic carbocycles. The third-order valence-electron chi connectivity index (χ3n) is 6.20. The van der Waals surface area contributed by atoms with Crippen LogP contribution in [-0.2, 0) is 0 Å². The monoisotopic (exact) mass is 479 g/mol. The number of nitrogens with zero attached hydrogens (tertiary/aromatic N) is 4. The molecular weight excluding hydrogens is 450 g/mol. The van der Waals surface area contributed by atoms with Gasteiger partial charge < -0.3 is 14.8 Å². The van der Waals surface area contributed by atoms with Crippen molar-refractivity contribution in [2.45, 2.75) is 20.8 Å². The van der Waals surface area contributed by atoms with Crippen molar-refractivity contribution in [2.75, 3.05) is 23.3 Å². The van der Waals surface area contributed by atoms with Crippen LogP contribution in [0.1, 0.15) is 19.4 Å². The molecule has 5 nitrogen and oxygen atoms in total. The van der Waals surface area contributed by atoms with Crippen molar-refractivity contribution in [1.29, 1.82) is 0 Å². The second kappa shape index (κ2) is 10.2. The molecule has 0 aliphatic heterocycles. The van der Waals surface area contributed by atoms with Gasteiger partial charge in [0.1, 0.15) is 0 Å². The Bertz CT molecular complexity index is 1400. The Morgan fingerprint density at radius 2 is 1.63 bits per heavy atom. The summed E-state index contributed by atoms with van der Waals surface area (Å²) in [4.78, 5) is 11.7. The highest BCUT2D eigenvalue weighted by atomic mass is 32.1. The van der Waals surface area contributed by atoms with Crippen molar-refractivity contribution in [1.82, 2.24) is 14.5 Å². The third kappa shape index (κ3) is 4.98. The highest BCUT2D eigenvalue weighted by molar-refractivity contribution is 7.14. The van der Waals surface area contributed by atoms with Gasteiger partial charge in [-0.05, 0) is 56.7 Å². The number of rotatable bonds is 8. The van der Waals surface area contributed by atoms with Gasteiger partial charge in [-0.1, -0.05) is 42.5 Å². The Morgan fingerprint density at radius 3 is 2.34 bits per heavy atom. The molecule has 3 aromatic carbocycles. The largest absolute Gasteiger partial charge is 0.372 e. The van der Waals surface area contributed by atoms with Crippen LogP contribution in [0.4, 0.5) is 16.5 Å². The Hall–Kier alpha value is -3.90. The van der Waals surface area contributed by atoms with E-state index in [0.29, 0.717) is 0 Å². The normalized spacial score (nSPS) is 10.9. The third-order valence-corrected chi connectivity index (χ3v) is 6.96. The van der Waals surface area contributed by atoms with E-state index >= 15 is 0 Å². The summed E-state index contributed by atoms with van der Waals surface area (Å²) in [7, 11) is 0. The van der Waals surface area contributed by atoms with Gasteiger partial charge in [0.2, 0.25) is 0 Å². The van der Waals surface area contributed by atoms with Crippen LogP contribution in [0.5, 0.6) is 0 Å². The molecule has 0 bridgehead atoms. The van der Waals surface area contributed by atoms with Gasteiger partial charge in [0.15, 0.2) is 5.13 Å². The van der Waals surface area contributed by atoms with Gasteiger partial charge in [-0.15, -0.1) is 11.3 Å². The Labute approximate surface area is 210 Å². The predicted octanol–water partition coefficient (Wildman–Crippen LogP) is 7.56. The molecule has 2 heterocycles. The zero-order valence-electron chi connectivity index (χ0n) is 20.3. The maximum Gasteiger partial charge on any atom is 0.187 e. The lowest BCUT2D eigenvalue weighted by molar-refractivity contribution is 0.866. The molecule has 0 unspecified atom stereocenters. The SMILES string of the molecule is CCN(CC)c1ccc(Nc2nc(-c3ccc(-n4cnc(-c5ccccc5)c4)cc3)cs2)c(C)c1. The minimum Gasteiger partial charge on any atom is -0.372 e. The molecule has 1 N–H and O–H groups in total. The molecule has 0 fully saturated rings. The molecule has 176 valence electrons. The van der Waals surface area contributed by atoms with Crippen molar-refractivity contribution in [3.63, 3.8) is 0 Å². The van der Waals surface area contributed by atoms with Gasteiger partial charge >= 0.3 is 0 Å². The molecule has 0 aliphatic rings. The summed E-state index contributed by atoms with van der Waals surface area (Å²) in [5.41, 5.74) is 8.77. The van der Waals surface area contributed by atoms with Crippen molar-refractivity contribution in [3.8, 4) is 28.2 Å². The number of hydrogen-bond donors (Lipinski definition) is 1. The zero-order chi connectivity index (χ0) is 24.2. The Kier molecular flexibility index (Phi) is 6.64. The van der Waals surface area contributed by atoms with Crippen molar-refractivity contribution < 1.29 is 0 Å². The van der Waals surface area contributed by atoms with E-state index in [1.807, 2.05) is 29.1 Å². The van der Waals surface area contributed by atoms with E-state index in [0.717, 1.165) is 52.1 Å². The summed E-state index contributed by atoms with van der Waals surface area (Å²) in [5, 5.41) is 6.49. The molecule has 5 rings (SSSR count). The number of thiazole rings is 1. The fraction of sp³-hybridized carbons (Fsp3) is 0.172. The van der Waals surface area contributed by atoms with Crippen LogP contribution in [0.3, 0.4) is 0 Å². The summed E-state index contributed by atoms with van der Waals surface area (Å²) in [6.07, 6.45) is 3.92. The average molecular weight is 480 g/mol. The number of anilines is 3. The number of aromatic nitrogens is 3. The average Bonchev–Trinajstić information content (AvgIpc) is 3.57. The van der Waals surface area contributed by atoms with Gasteiger partial charge in [-0.2, -0.15) is 0 Å². The number of imidazole rings is 1. The molecule has 0 amide bonds. The quantitative estimate of drug-likeness (QED) is 0.249. The van der Waals surface area contributed by atoms with E-state index in [4.69, 9.17) is 4.98 Å². The van der Waals surface area contributed by atoms with Gasteiger partial charge in [0, 0.05) is 52.9 Å². The van der Waals surface area contributed by atoms with E-state index in [-0.39, 0.29) is 0 Å². The van der Waals surface area contributed by atoms with Crippen LogP contribution in [0.15, 0.2) is 90.7 Å². The van der Waals surface area contributed by atoms with E-state index in [2.05, 4.69) is 102 Å². The lowest BCUT2D eigenvalue weighted by Gasteiger charge is -2.22. The fourth-order valence-electron chi connectivity index (χ4n) is 4.18. The molecule has 5 aromatic rings. The summed E-state index contributed by atoms with van der Waals surface area (Å²) in [6, 6.07) is 25.2. The second-order valence-electron chi connectivity index (χ2n) is 8.41. The molecule has 2 aromatic heterocycles. The molecule has 0 saturated heterocycles. The maximum atomic E-state index is 4.83. The molecule has 6 heteroatoms. The lowest BCUT2D eigenvalue weighted by atomic mass is 10.1. The molecule has 0 atom stereocenters. The first-order chi connectivity index (χ1) is 17.1. The van der Waals surface area contributed by atoms with E-state index in [9.17, 15) is 0 Å². The highest BCUT2D eigenvalue weighted by Crippen LogP contribution is 2.30. The lowest BCUT2D eigenvalue weighted by Crippen LogP contribution is -2.21. The summed E-state index contributed by atoms with van der Waals surface area (Å²) in [6.45, 7) is 8.53. The first-order valence-corrected chi connectivity index (χ1v) is 12.8. The second-order valence-corrected chi connectivity index (χ2v) is 9.27. The van der Waals surface area contributed by atoms with Crippen LogP contribution in [-0.4, -0.2) is 27.6 Å². The highest BCUT2D eigenvalue weighted by Gasteiger charge is 2.09.